The Morgan fingerprint density at radius 1 is 0.821 bits per heavy atom. The lowest BCUT2D eigenvalue weighted by molar-refractivity contribution is -0.122. The van der Waals surface area contributed by atoms with Crippen LogP contribution in [0.25, 0.3) is 22.2 Å². The van der Waals surface area contributed by atoms with E-state index in [4.69, 9.17) is 9.72 Å². The first-order valence-electron chi connectivity index (χ1n) is 13.1. The molecule has 2 amide bonds. The van der Waals surface area contributed by atoms with Gasteiger partial charge in [-0.25, -0.2) is 9.78 Å². The third kappa shape index (κ3) is 4.61. The van der Waals surface area contributed by atoms with Gasteiger partial charge in [0.1, 0.15) is 0 Å². The molecule has 2 atom stereocenters. The molecule has 0 N–H and O–H groups in total. The number of aromatic nitrogens is 1. The minimum Gasteiger partial charge on any atom is -0.454 e. The first-order valence-corrected chi connectivity index (χ1v) is 13.1. The number of ether oxygens (including phenoxy) is 1. The summed E-state index contributed by atoms with van der Waals surface area (Å²) in [5.74, 6) is -1.56. The molecule has 7 heteroatoms. The zero-order chi connectivity index (χ0) is 26.9. The summed E-state index contributed by atoms with van der Waals surface area (Å²) >= 11 is 0. The number of ketones is 1. The molecular formula is C32H26N2O5. The molecule has 1 saturated heterocycles. The van der Waals surface area contributed by atoms with Crippen molar-refractivity contribution in [2.24, 2.45) is 11.8 Å². The number of nitrogens with zero attached hydrogens (tertiary/aromatic N) is 2. The van der Waals surface area contributed by atoms with E-state index in [9.17, 15) is 19.2 Å². The molecular weight excluding hydrogens is 492 g/mol. The first-order chi connectivity index (χ1) is 19.0. The van der Waals surface area contributed by atoms with Gasteiger partial charge in [0.25, 0.3) is 0 Å². The summed E-state index contributed by atoms with van der Waals surface area (Å²) in [5, 5.41) is 0.617. The SMILES string of the molecule is O=C(COC(=O)c1cc(-c2ccc(N3C(=O)C4CCCCC4C3=O)cc2)nc2ccccc12)c1ccccc1. The highest BCUT2D eigenvalue weighted by molar-refractivity contribution is 6.22. The Morgan fingerprint density at radius 2 is 1.46 bits per heavy atom. The Morgan fingerprint density at radius 3 is 2.15 bits per heavy atom. The second-order valence-electron chi connectivity index (χ2n) is 9.99. The molecule has 4 aromatic rings. The van der Waals surface area contributed by atoms with Crippen LogP contribution in [-0.4, -0.2) is 35.2 Å². The van der Waals surface area contributed by atoms with Crippen LogP contribution in [0.5, 0.6) is 0 Å². The molecule has 0 bridgehead atoms. The number of amides is 2. The number of pyridine rings is 1. The maximum atomic E-state index is 13.1. The number of imide groups is 1. The van der Waals surface area contributed by atoms with E-state index in [-0.39, 0.29) is 36.0 Å². The summed E-state index contributed by atoms with van der Waals surface area (Å²) in [4.78, 5) is 57.6. The molecule has 1 aliphatic carbocycles. The highest BCUT2D eigenvalue weighted by Gasteiger charge is 2.48. The van der Waals surface area contributed by atoms with Gasteiger partial charge in [-0.1, -0.05) is 73.5 Å². The normalized spacial score (nSPS) is 18.7. The number of rotatable bonds is 6. The minimum absolute atomic E-state index is 0.114. The molecule has 6 rings (SSSR count). The van der Waals surface area contributed by atoms with Crippen LogP contribution in [0.4, 0.5) is 5.69 Å². The van der Waals surface area contributed by atoms with Crippen LogP contribution in [0, 0.1) is 11.8 Å². The number of fused-ring (bicyclic) bond motifs is 2. The van der Waals surface area contributed by atoms with Gasteiger partial charge in [0, 0.05) is 16.5 Å². The lowest BCUT2D eigenvalue weighted by Crippen LogP contribution is -2.30. The van der Waals surface area contributed by atoms with E-state index in [1.165, 1.54) is 4.90 Å². The topological polar surface area (TPSA) is 93.6 Å². The van der Waals surface area contributed by atoms with Crippen molar-refractivity contribution in [3.05, 3.63) is 96.1 Å². The van der Waals surface area contributed by atoms with Crippen molar-refractivity contribution in [3.63, 3.8) is 0 Å². The van der Waals surface area contributed by atoms with Crippen LogP contribution in [0.1, 0.15) is 46.4 Å². The molecule has 39 heavy (non-hydrogen) atoms. The summed E-state index contributed by atoms with van der Waals surface area (Å²) in [5.41, 5.74) is 3.18. The quantitative estimate of drug-likeness (QED) is 0.187. The highest BCUT2D eigenvalue weighted by atomic mass is 16.5. The number of benzene rings is 3. The van der Waals surface area contributed by atoms with Crippen LogP contribution in [0.2, 0.25) is 0 Å². The molecule has 7 nitrogen and oxygen atoms in total. The molecule has 3 aromatic carbocycles. The molecule has 2 fully saturated rings. The van der Waals surface area contributed by atoms with Gasteiger partial charge in [0.15, 0.2) is 12.4 Å². The van der Waals surface area contributed by atoms with Crippen molar-refractivity contribution in [2.75, 3.05) is 11.5 Å². The predicted octanol–water partition coefficient (Wildman–Crippen LogP) is 5.62. The van der Waals surface area contributed by atoms with E-state index in [0.29, 0.717) is 33.4 Å². The van der Waals surface area contributed by atoms with Crippen molar-refractivity contribution >= 4 is 40.2 Å². The van der Waals surface area contributed by atoms with E-state index in [1.54, 1.807) is 60.7 Å². The molecule has 1 aromatic heterocycles. The number of hydrogen-bond acceptors (Lipinski definition) is 6. The van der Waals surface area contributed by atoms with Crippen LogP contribution in [-0.2, 0) is 14.3 Å². The first kappa shape index (κ1) is 24.7. The summed E-state index contributed by atoms with van der Waals surface area (Å²) in [6, 6.07) is 24.6. The molecule has 2 aliphatic rings. The summed E-state index contributed by atoms with van der Waals surface area (Å²) in [6.07, 6.45) is 3.48. The van der Waals surface area contributed by atoms with E-state index >= 15 is 0 Å². The molecule has 0 radical (unpaired) electrons. The number of anilines is 1. The Balaban J connectivity index is 1.27. The number of carbonyl (C=O) groups excluding carboxylic acids is 4. The Labute approximate surface area is 225 Å². The van der Waals surface area contributed by atoms with Gasteiger partial charge in [0.05, 0.1) is 34.3 Å². The van der Waals surface area contributed by atoms with E-state index < -0.39 is 5.97 Å². The number of carbonyl (C=O) groups is 4. The molecule has 1 saturated carbocycles. The lowest BCUT2D eigenvalue weighted by Gasteiger charge is -2.19. The maximum absolute atomic E-state index is 13.1. The van der Waals surface area contributed by atoms with Crippen molar-refractivity contribution in [1.82, 2.24) is 4.98 Å². The van der Waals surface area contributed by atoms with E-state index in [2.05, 4.69) is 0 Å². The smallest absolute Gasteiger partial charge is 0.339 e. The molecule has 1 aliphatic heterocycles. The molecule has 2 heterocycles. The summed E-state index contributed by atoms with van der Waals surface area (Å²) < 4.78 is 5.40. The Kier molecular flexibility index (Phi) is 6.49. The third-order valence-electron chi connectivity index (χ3n) is 7.63. The fraction of sp³-hybridized carbons (Fsp3) is 0.219. The minimum atomic E-state index is -0.619. The highest BCUT2D eigenvalue weighted by Crippen LogP contribution is 2.40. The van der Waals surface area contributed by atoms with Crippen molar-refractivity contribution < 1.29 is 23.9 Å². The largest absolute Gasteiger partial charge is 0.454 e. The van der Waals surface area contributed by atoms with Crippen molar-refractivity contribution in [2.45, 2.75) is 25.7 Å². The fourth-order valence-electron chi connectivity index (χ4n) is 5.61. The standard InChI is InChI=1S/C32H26N2O5/c35-29(21-8-2-1-3-9-21)19-39-32(38)26-18-28(33-27-13-7-6-10-23(26)27)20-14-16-22(17-15-20)34-30(36)24-11-4-5-12-25(24)31(34)37/h1-3,6-10,13-18,24-25H,4-5,11-12,19H2. The predicted molar refractivity (Wildman–Crippen MR) is 146 cm³/mol. The van der Waals surface area contributed by atoms with Gasteiger partial charge in [-0.15, -0.1) is 0 Å². The van der Waals surface area contributed by atoms with Gasteiger partial charge in [-0.2, -0.15) is 0 Å². The van der Waals surface area contributed by atoms with Crippen LogP contribution in [0.3, 0.4) is 0 Å². The molecule has 0 spiro atoms. The Bertz CT molecular complexity index is 1570. The average Bonchev–Trinajstić information content (AvgIpc) is 3.25. The average molecular weight is 519 g/mol. The number of Topliss-reactive ketones (excluding diaryl/α,β-unsaturated/α-hetero) is 1. The van der Waals surface area contributed by atoms with Gasteiger partial charge in [-0.3, -0.25) is 19.3 Å². The second kappa shape index (κ2) is 10.3. The van der Waals surface area contributed by atoms with Crippen LogP contribution in [0.15, 0.2) is 84.9 Å². The number of hydrogen-bond donors (Lipinski definition) is 0. The van der Waals surface area contributed by atoms with Crippen LogP contribution >= 0.6 is 0 Å². The van der Waals surface area contributed by atoms with Gasteiger partial charge >= 0.3 is 5.97 Å². The van der Waals surface area contributed by atoms with Gasteiger partial charge < -0.3 is 4.74 Å². The summed E-state index contributed by atoms with van der Waals surface area (Å²) in [6.45, 7) is -0.372. The third-order valence-corrected chi connectivity index (χ3v) is 7.63. The van der Waals surface area contributed by atoms with Crippen molar-refractivity contribution in [3.8, 4) is 11.3 Å². The molecule has 194 valence electrons. The summed E-state index contributed by atoms with van der Waals surface area (Å²) in [7, 11) is 0. The fourth-order valence-corrected chi connectivity index (χ4v) is 5.61. The van der Waals surface area contributed by atoms with Crippen molar-refractivity contribution in [1.29, 1.82) is 0 Å². The maximum Gasteiger partial charge on any atom is 0.339 e. The monoisotopic (exact) mass is 518 g/mol. The number of esters is 1. The zero-order valence-electron chi connectivity index (χ0n) is 21.2. The van der Waals surface area contributed by atoms with Gasteiger partial charge in [0.2, 0.25) is 11.8 Å². The van der Waals surface area contributed by atoms with E-state index in [0.717, 1.165) is 31.2 Å². The zero-order valence-corrected chi connectivity index (χ0v) is 21.2. The lowest BCUT2D eigenvalue weighted by atomic mass is 9.81. The van der Waals surface area contributed by atoms with Gasteiger partial charge in [-0.05, 0) is 37.1 Å². The second-order valence-corrected chi connectivity index (χ2v) is 9.99. The Hall–Kier alpha value is -4.65. The van der Waals surface area contributed by atoms with E-state index in [1.807, 2.05) is 24.3 Å². The number of para-hydroxylation sites is 1. The van der Waals surface area contributed by atoms with Crippen LogP contribution < -0.4 is 4.90 Å². The molecule has 2 unspecified atom stereocenters.